The average Bonchev–Trinajstić information content (AvgIpc) is 2.51. The van der Waals surface area contributed by atoms with Crippen molar-refractivity contribution in [2.24, 2.45) is 0 Å². The number of rotatable bonds is 5. The molecule has 0 amide bonds. The van der Waals surface area contributed by atoms with Gasteiger partial charge in [0.1, 0.15) is 12.4 Å². The molecule has 0 aromatic heterocycles. The first-order valence-corrected chi connectivity index (χ1v) is 7.66. The van der Waals surface area contributed by atoms with Crippen LogP contribution in [-0.4, -0.2) is 11.6 Å². The predicted octanol–water partition coefficient (Wildman–Crippen LogP) is 4.33. The Bertz CT molecular complexity index is 724. The number of hydrogen-bond donors (Lipinski definition) is 0. The third kappa shape index (κ3) is 4.07. The van der Waals surface area contributed by atoms with Gasteiger partial charge in [0.2, 0.25) is 5.78 Å². The zero-order chi connectivity index (χ0) is 17.0. The summed E-state index contributed by atoms with van der Waals surface area (Å²) in [6.45, 7) is 8.08. The lowest BCUT2D eigenvalue weighted by Crippen LogP contribution is -2.16. The SMILES string of the molecule is CC(=O)C(=O)c1ccccc1OCc1ccccc1C(C)(C)C. The largest absolute Gasteiger partial charge is 0.488 e. The summed E-state index contributed by atoms with van der Waals surface area (Å²) in [6, 6.07) is 15.0. The van der Waals surface area contributed by atoms with Gasteiger partial charge in [-0.05, 0) is 28.7 Å². The Kier molecular flexibility index (Phi) is 4.99. The Morgan fingerprint density at radius 2 is 1.57 bits per heavy atom. The molecule has 3 nitrogen and oxygen atoms in total. The molecular formula is C20H22O3. The fourth-order valence-corrected chi connectivity index (χ4v) is 2.50. The van der Waals surface area contributed by atoms with Crippen LogP contribution in [0.3, 0.4) is 0 Å². The maximum absolute atomic E-state index is 12.0. The molecule has 0 saturated carbocycles. The third-order valence-corrected chi connectivity index (χ3v) is 3.66. The van der Waals surface area contributed by atoms with E-state index in [0.717, 1.165) is 5.56 Å². The van der Waals surface area contributed by atoms with Crippen LogP contribution in [0, 0.1) is 0 Å². The summed E-state index contributed by atoms with van der Waals surface area (Å²) in [5.74, 6) is -0.572. The van der Waals surface area contributed by atoms with Gasteiger partial charge < -0.3 is 4.74 Å². The van der Waals surface area contributed by atoms with Crippen molar-refractivity contribution in [2.75, 3.05) is 0 Å². The summed E-state index contributed by atoms with van der Waals surface area (Å²) in [6.07, 6.45) is 0. The molecule has 0 aliphatic rings. The van der Waals surface area contributed by atoms with E-state index in [1.54, 1.807) is 24.3 Å². The maximum atomic E-state index is 12.0. The van der Waals surface area contributed by atoms with Crippen molar-refractivity contribution in [1.29, 1.82) is 0 Å². The maximum Gasteiger partial charge on any atom is 0.231 e. The van der Waals surface area contributed by atoms with Crippen LogP contribution < -0.4 is 4.74 Å². The fourth-order valence-electron chi connectivity index (χ4n) is 2.50. The van der Waals surface area contributed by atoms with Gasteiger partial charge in [0.15, 0.2) is 5.78 Å². The van der Waals surface area contributed by atoms with E-state index in [9.17, 15) is 9.59 Å². The number of para-hydroxylation sites is 1. The highest BCUT2D eigenvalue weighted by Gasteiger charge is 2.19. The second kappa shape index (κ2) is 6.78. The van der Waals surface area contributed by atoms with Gasteiger partial charge >= 0.3 is 0 Å². The van der Waals surface area contributed by atoms with Crippen LogP contribution in [0.1, 0.15) is 49.2 Å². The number of carbonyl (C=O) groups excluding carboxylic acids is 2. The van der Waals surface area contributed by atoms with Crippen LogP contribution in [0.2, 0.25) is 0 Å². The van der Waals surface area contributed by atoms with E-state index in [2.05, 4.69) is 26.8 Å². The molecule has 0 aliphatic heterocycles. The van der Waals surface area contributed by atoms with E-state index in [1.807, 2.05) is 18.2 Å². The number of hydrogen-bond acceptors (Lipinski definition) is 3. The molecule has 0 bridgehead atoms. The summed E-state index contributed by atoms with van der Waals surface area (Å²) in [5.41, 5.74) is 2.60. The van der Waals surface area contributed by atoms with Crippen LogP contribution in [-0.2, 0) is 16.8 Å². The number of Topliss-reactive ketones (excluding diaryl/α,β-unsaturated/α-hetero) is 2. The summed E-state index contributed by atoms with van der Waals surface area (Å²) in [4.78, 5) is 23.3. The molecule has 0 heterocycles. The summed E-state index contributed by atoms with van der Waals surface area (Å²) in [7, 11) is 0. The van der Waals surface area contributed by atoms with Crippen LogP contribution in [0.25, 0.3) is 0 Å². The van der Waals surface area contributed by atoms with Crippen molar-refractivity contribution < 1.29 is 14.3 Å². The van der Waals surface area contributed by atoms with E-state index in [1.165, 1.54) is 12.5 Å². The minimum Gasteiger partial charge on any atom is -0.488 e. The molecule has 2 rings (SSSR count). The quantitative estimate of drug-likeness (QED) is 0.609. The average molecular weight is 310 g/mol. The first-order valence-electron chi connectivity index (χ1n) is 7.66. The normalized spacial score (nSPS) is 11.1. The van der Waals surface area contributed by atoms with E-state index < -0.39 is 11.6 Å². The number of ketones is 2. The number of carbonyl (C=O) groups is 2. The van der Waals surface area contributed by atoms with Crippen LogP contribution in [0.15, 0.2) is 48.5 Å². The van der Waals surface area contributed by atoms with Gasteiger partial charge in [-0.25, -0.2) is 0 Å². The van der Waals surface area contributed by atoms with Gasteiger partial charge in [-0.15, -0.1) is 0 Å². The van der Waals surface area contributed by atoms with Crippen molar-refractivity contribution in [2.45, 2.75) is 39.7 Å². The van der Waals surface area contributed by atoms with Crippen molar-refractivity contribution in [1.82, 2.24) is 0 Å². The molecule has 2 aromatic carbocycles. The molecule has 0 atom stereocenters. The van der Waals surface area contributed by atoms with Crippen LogP contribution in [0.5, 0.6) is 5.75 Å². The van der Waals surface area contributed by atoms with E-state index in [0.29, 0.717) is 17.9 Å². The molecule has 0 spiro atoms. The summed E-state index contributed by atoms with van der Waals surface area (Å²) < 4.78 is 5.86. The minimum absolute atomic E-state index is 0.00861. The van der Waals surface area contributed by atoms with Crippen molar-refractivity contribution in [3.05, 3.63) is 65.2 Å². The van der Waals surface area contributed by atoms with Gasteiger partial charge in [-0.1, -0.05) is 57.2 Å². The second-order valence-corrected chi connectivity index (χ2v) is 6.58. The van der Waals surface area contributed by atoms with E-state index in [-0.39, 0.29) is 5.41 Å². The van der Waals surface area contributed by atoms with Gasteiger partial charge in [0, 0.05) is 6.92 Å². The molecule has 0 radical (unpaired) electrons. The summed E-state index contributed by atoms with van der Waals surface area (Å²) in [5, 5.41) is 0. The van der Waals surface area contributed by atoms with Gasteiger partial charge in [-0.3, -0.25) is 9.59 Å². The fraction of sp³-hybridized carbons (Fsp3) is 0.300. The topological polar surface area (TPSA) is 43.4 Å². The van der Waals surface area contributed by atoms with E-state index >= 15 is 0 Å². The lowest BCUT2D eigenvalue weighted by atomic mass is 9.84. The van der Waals surface area contributed by atoms with Crippen molar-refractivity contribution >= 4 is 11.6 Å². The highest BCUT2D eigenvalue weighted by molar-refractivity contribution is 6.43. The Morgan fingerprint density at radius 3 is 2.22 bits per heavy atom. The molecule has 120 valence electrons. The molecule has 0 N–H and O–H groups in total. The van der Waals surface area contributed by atoms with Gasteiger partial charge in [-0.2, -0.15) is 0 Å². The first-order chi connectivity index (χ1) is 10.8. The molecule has 0 saturated heterocycles. The molecule has 3 heteroatoms. The third-order valence-electron chi connectivity index (χ3n) is 3.66. The number of benzene rings is 2. The Morgan fingerprint density at radius 1 is 0.957 bits per heavy atom. The van der Waals surface area contributed by atoms with Crippen LogP contribution in [0.4, 0.5) is 0 Å². The standard InChI is InChI=1S/C20H22O3/c1-14(21)19(22)16-10-6-8-12-18(16)23-13-15-9-5-7-11-17(15)20(2,3)4/h5-12H,13H2,1-4H3. The van der Waals surface area contributed by atoms with Gasteiger partial charge in [0.05, 0.1) is 5.56 Å². The molecule has 23 heavy (non-hydrogen) atoms. The predicted molar refractivity (Wildman–Crippen MR) is 90.9 cm³/mol. The van der Waals surface area contributed by atoms with Gasteiger partial charge in [0.25, 0.3) is 0 Å². The molecule has 0 unspecified atom stereocenters. The molecule has 0 fully saturated rings. The minimum atomic E-state index is -0.523. The van der Waals surface area contributed by atoms with Crippen LogP contribution >= 0.6 is 0 Å². The lowest BCUT2D eigenvalue weighted by molar-refractivity contribution is -0.113. The molecular weight excluding hydrogens is 288 g/mol. The zero-order valence-electron chi connectivity index (χ0n) is 14.1. The smallest absolute Gasteiger partial charge is 0.231 e. The summed E-state index contributed by atoms with van der Waals surface area (Å²) >= 11 is 0. The number of ether oxygens (including phenoxy) is 1. The Labute approximate surface area is 137 Å². The second-order valence-electron chi connectivity index (χ2n) is 6.58. The molecule has 2 aromatic rings. The van der Waals surface area contributed by atoms with Crippen molar-refractivity contribution in [3.8, 4) is 5.75 Å². The zero-order valence-corrected chi connectivity index (χ0v) is 14.1. The molecule has 0 aliphatic carbocycles. The van der Waals surface area contributed by atoms with E-state index in [4.69, 9.17) is 4.74 Å². The van der Waals surface area contributed by atoms with Crippen molar-refractivity contribution in [3.63, 3.8) is 0 Å². The first kappa shape index (κ1) is 16.9. The Hall–Kier alpha value is -2.42. The lowest BCUT2D eigenvalue weighted by Gasteiger charge is -2.23. The monoisotopic (exact) mass is 310 g/mol. The highest BCUT2D eigenvalue weighted by Crippen LogP contribution is 2.27. The highest BCUT2D eigenvalue weighted by atomic mass is 16.5. The Balaban J connectivity index is 2.27.